The molecule has 0 radical (unpaired) electrons. The third-order valence-corrected chi connectivity index (χ3v) is 3.89. The van der Waals surface area contributed by atoms with Crippen LogP contribution in [0, 0.1) is 5.82 Å². The van der Waals surface area contributed by atoms with Gasteiger partial charge in [0, 0.05) is 17.8 Å². The molecular formula is C20H14FN5O. The number of hydrogen-bond acceptors (Lipinski definition) is 5. The SMILES string of the molecule is O=C(Nc1cccc2cccnc12)c1ccnc(Nc2ccccc2F)n1. The van der Waals surface area contributed by atoms with Gasteiger partial charge in [-0.3, -0.25) is 9.78 Å². The van der Waals surface area contributed by atoms with Crippen molar-refractivity contribution in [1.29, 1.82) is 0 Å². The van der Waals surface area contributed by atoms with Crippen molar-refractivity contribution in [2.24, 2.45) is 0 Å². The number of pyridine rings is 1. The summed E-state index contributed by atoms with van der Waals surface area (Å²) in [5.41, 5.74) is 1.65. The minimum atomic E-state index is -0.433. The summed E-state index contributed by atoms with van der Waals surface area (Å²) >= 11 is 0. The van der Waals surface area contributed by atoms with Crippen LogP contribution in [0.3, 0.4) is 0 Å². The third kappa shape index (κ3) is 3.57. The molecule has 0 saturated heterocycles. The molecule has 0 unspecified atom stereocenters. The van der Waals surface area contributed by atoms with Gasteiger partial charge in [-0.15, -0.1) is 0 Å². The van der Waals surface area contributed by atoms with Crippen LogP contribution < -0.4 is 10.6 Å². The summed E-state index contributed by atoms with van der Waals surface area (Å²) in [6, 6.07) is 16.9. The van der Waals surface area contributed by atoms with Crippen LogP contribution in [-0.2, 0) is 0 Å². The van der Waals surface area contributed by atoms with Crippen molar-refractivity contribution in [1.82, 2.24) is 15.0 Å². The van der Waals surface area contributed by atoms with Gasteiger partial charge in [-0.2, -0.15) is 0 Å². The molecule has 4 rings (SSSR count). The molecule has 2 N–H and O–H groups in total. The number of benzene rings is 2. The van der Waals surface area contributed by atoms with Crippen molar-refractivity contribution in [2.45, 2.75) is 0 Å². The molecule has 0 bridgehead atoms. The van der Waals surface area contributed by atoms with Crippen LogP contribution in [0.5, 0.6) is 0 Å². The first-order chi connectivity index (χ1) is 13.2. The third-order valence-electron chi connectivity index (χ3n) is 3.89. The van der Waals surface area contributed by atoms with E-state index in [9.17, 15) is 9.18 Å². The Kier molecular flexibility index (Phi) is 4.40. The molecule has 0 aliphatic heterocycles. The zero-order valence-corrected chi connectivity index (χ0v) is 14.1. The van der Waals surface area contributed by atoms with Gasteiger partial charge in [-0.25, -0.2) is 14.4 Å². The van der Waals surface area contributed by atoms with Gasteiger partial charge in [0.25, 0.3) is 5.91 Å². The summed E-state index contributed by atoms with van der Waals surface area (Å²) < 4.78 is 13.8. The number of amides is 1. The lowest BCUT2D eigenvalue weighted by atomic mass is 10.2. The molecule has 2 aromatic heterocycles. The molecule has 7 heteroatoms. The molecular weight excluding hydrogens is 345 g/mol. The summed E-state index contributed by atoms with van der Waals surface area (Å²) in [7, 11) is 0. The summed E-state index contributed by atoms with van der Waals surface area (Å²) in [6.07, 6.45) is 3.10. The second-order valence-corrected chi connectivity index (χ2v) is 5.71. The van der Waals surface area contributed by atoms with Gasteiger partial charge >= 0.3 is 0 Å². The van der Waals surface area contributed by atoms with Crippen LogP contribution in [-0.4, -0.2) is 20.9 Å². The van der Waals surface area contributed by atoms with Gasteiger partial charge in [0.2, 0.25) is 5.95 Å². The smallest absolute Gasteiger partial charge is 0.274 e. The molecule has 0 atom stereocenters. The highest BCUT2D eigenvalue weighted by Crippen LogP contribution is 2.21. The highest BCUT2D eigenvalue weighted by atomic mass is 19.1. The van der Waals surface area contributed by atoms with Crippen LogP contribution in [0.15, 0.2) is 73.1 Å². The number of fused-ring (bicyclic) bond motifs is 1. The van der Waals surface area contributed by atoms with Gasteiger partial charge in [0.15, 0.2) is 0 Å². The number of halogens is 1. The normalized spacial score (nSPS) is 10.6. The van der Waals surface area contributed by atoms with Crippen LogP contribution in [0.2, 0.25) is 0 Å². The van der Waals surface area contributed by atoms with Gasteiger partial charge < -0.3 is 10.6 Å². The predicted octanol–water partition coefficient (Wildman–Crippen LogP) is 4.16. The van der Waals surface area contributed by atoms with E-state index in [0.29, 0.717) is 11.2 Å². The first-order valence-corrected chi connectivity index (χ1v) is 8.20. The van der Waals surface area contributed by atoms with E-state index >= 15 is 0 Å². The van der Waals surface area contributed by atoms with E-state index in [1.165, 1.54) is 18.3 Å². The minimum Gasteiger partial charge on any atom is -0.322 e. The quantitative estimate of drug-likeness (QED) is 0.572. The monoisotopic (exact) mass is 359 g/mol. The molecule has 0 aliphatic carbocycles. The second kappa shape index (κ2) is 7.17. The molecule has 0 saturated carbocycles. The average Bonchev–Trinajstić information content (AvgIpc) is 2.70. The van der Waals surface area contributed by atoms with Crippen molar-refractivity contribution in [3.8, 4) is 0 Å². The number of anilines is 3. The minimum absolute atomic E-state index is 0.129. The first kappa shape index (κ1) is 16.6. The van der Waals surface area contributed by atoms with Gasteiger partial charge in [0.05, 0.1) is 16.9 Å². The van der Waals surface area contributed by atoms with Crippen LogP contribution in [0.4, 0.5) is 21.7 Å². The fraction of sp³-hybridized carbons (Fsp3) is 0. The highest BCUT2D eigenvalue weighted by molar-refractivity contribution is 6.07. The van der Waals surface area contributed by atoms with Gasteiger partial charge in [-0.1, -0.05) is 30.3 Å². The number of hydrogen-bond donors (Lipinski definition) is 2. The van der Waals surface area contributed by atoms with Crippen LogP contribution in [0.1, 0.15) is 10.5 Å². The standard InChI is InChI=1S/C20H14FN5O/c21-14-7-1-2-8-15(14)25-20-23-12-10-17(26-20)19(27)24-16-9-3-5-13-6-4-11-22-18(13)16/h1-12H,(H,24,27)(H,23,25,26). The number of carbonyl (C=O) groups excluding carboxylic acids is 1. The fourth-order valence-corrected chi connectivity index (χ4v) is 2.62. The van der Waals surface area contributed by atoms with Crippen molar-refractivity contribution in [2.75, 3.05) is 10.6 Å². The molecule has 132 valence electrons. The van der Waals surface area contributed by atoms with Crippen molar-refractivity contribution >= 4 is 34.1 Å². The molecule has 27 heavy (non-hydrogen) atoms. The Morgan fingerprint density at radius 1 is 0.852 bits per heavy atom. The topological polar surface area (TPSA) is 79.8 Å². The lowest BCUT2D eigenvalue weighted by molar-refractivity contribution is 0.102. The van der Waals surface area contributed by atoms with E-state index in [2.05, 4.69) is 25.6 Å². The Bertz CT molecular complexity index is 1130. The summed E-state index contributed by atoms with van der Waals surface area (Å²) in [5, 5.41) is 6.50. The summed E-state index contributed by atoms with van der Waals surface area (Å²) in [4.78, 5) is 25.1. The number of aromatic nitrogens is 3. The van der Waals surface area contributed by atoms with Gasteiger partial charge in [0.1, 0.15) is 11.5 Å². The van der Waals surface area contributed by atoms with E-state index in [4.69, 9.17) is 0 Å². The van der Waals surface area contributed by atoms with Crippen molar-refractivity contribution in [3.63, 3.8) is 0 Å². The molecule has 4 aromatic rings. The molecule has 1 amide bonds. The molecule has 0 aliphatic rings. The van der Waals surface area contributed by atoms with Crippen molar-refractivity contribution < 1.29 is 9.18 Å². The number of rotatable bonds is 4. The first-order valence-electron chi connectivity index (χ1n) is 8.20. The maximum Gasteiger partial charge on any atom is 0.274 e. The fourth-order valence-electron chi connectivity index (χ4n) is 2.62. The maximum atomic E-state index is 13.8. The zero-order chi connectivity index (χ0) is 18.6. The number of carbonyl (C=O) groups is 1. The summed E-state index contributed by atoms with van der Waals surface area (Å²) in [5.74, 6) is -0.714. The largest absolute Gasteiger partial charge is 0.322 e. The van der Waals surface area contributed by atoms with Crippen LogP contribution in [0.25, 0.3) is 10.9 Å². The molecule has 2 aromatic carbocycles. The molecule has 0 spiro atoms. The van der Waals surface area contributed by atoms with E-state index < -0.39 is 11.7 Å². The molecule has 0 fully saturated rings. The average molecular weight is 359 g/mol. The Morgan fingerprint density at radius 2 is 1.67 bits per heavy atom. The highest BCUT2D eigenvalue weighted by Gasteiger charge is 2.12. The lowest BCUT2D eigenvalue weighted by Crippen LogP contribution is -2.15. The zero-order valence-electron chi connectivity index (χ0n) is 14.1. The number of nitrogens with zero attached hydrogens (tertiary/aromatic N) is 3. The van der Waals surface area contributed by atoms with Crippen molar-refractivity contribution in [3.05, 3.63) is 84.6 Å². The Balaban J connectivity index is 1.58. The Hall–Kier alpha value is -3.87. The molecule has 2 heterocycles. The number of nitrogens with one attached hydrogen (secondary N) is 2. The number of para-hydroxylation sites is 2. The Morgan fingerprint density at radius 3 is 2.56 bits per heavy atom. The molecule has 6 nitrogen and oxygen atoms in total. The van der Waals surface area contributed by atoms with E-state index in [-0.39, 0.29) is 17.3 Å². The van der Waals surface area contributed by atoms with E-state index in [1.54, 1.807) is 30.5 Å². The van der Waals surface area contributed by atoms with Gasteiger partial charge in [-0.05, 0) is 30.3 Å². The maximum absolute atomic E-state index is 13.8. The summed E-state index contributed by atoms with van der Waals surface area (Å²) in [6.45, 7) is 0. The lowest BCUT2D eigenvalue weighted by Gasteiger charge is -2.09. The van der Waals surface area contributed by atoms with E-state index in [1.807, 2.05) is 24.3 Å². The van der Waals surface area contributed by atoms with E-state index in [0.717, 1.165) is 5.39 Å². The second-order valence-electron chi connectivity index (χ2n) is 5.71. The van der Waals surface area contributed by atoms with Crippen LogP contribution >= 0.6 is 0 Å². The Labute approximate surface area is 154 Å². The predicted molar refractivity (Wildman–Crippen MR) is 101 cm³/mol.